The highest BCUT2D eigenvalue weighted by Gasteiger charge is 2.37. The van der Waals surface area contributed by atoms with E-state index >= 15 is 0 Å². The number of nitrogens with one attached hydrogen (secondary N) is 1. The van der Waals surface area contributed by atoms with Gasteiger partial charge < -0.3 is 10.1 Å². The lowest BCUT2D eigenvalue weighted by molar-refractivity contribution is -0.139. The molecule has 1 saturated heterocycles. The van der Waals surface area contributed by atoms with E-state index in [4.69, 9.17) is 4.74 Å². The molecule has 0 saturated carbocycles. The number of hydrogen-bond donors (Lipinski definition) is 1. The van der Waals surface area contributed by atoms with E-state index in [-0.39, 0.29) is 12.6 Å². The lowest BCUT2D eigenvalue weighted by Gasteiger charge is -2.39. The highest BCUT2D eigenvalue weighted by molar-refractivity contribution is 5.95. The van der Waals surface area contributed by atoms with Crippen LogP contribution in [0.4, 0.5) is 9.18 Å². The van der Waals surface area contributed by atoms with Gasteiger partial charge in [-0.1, -0.05) is 42.5 Å². The highest BCUT2D eigenvalue weighted by atomic mass is 19.1. The maximum atomic E-state index is 14.0. The summed E-state index contributed by atoms with van der Waals surface area (Å²) >= 11 is 0. The standard InChI is InChI=1S/C26H31FN4O3/c1-3-34-25(32)23-22(29(2)26(33)28-24(23)20-10-7-11-21(27)16-20)18-31-14-12-30(13-15-31)17-19-8-5-4-6-9-19/h4-11,16,24H,3,12-15,17-18H2,1-2H3,(H,28,33)/t24-/m0/s1. The molecule has 2 aliphatic rings. The number of urea groups is 1. The van der Waals surface area contributed by atoms with Crippen LogP contribution in [0.15, 0.2) is 65.9 Å². The Bertz CT molecular complexity index is 1050. The summed E-state index contributed by atoms with van der Waals surface area (Å²) in [7, 11) is 1.65. The summed E-state index contributed by atoms with van der Waals surface area (Å²) in [6, 6.07) is 15.2. The molecule has 0 unspecified atom stereocenters. The molecule has 0 radical (unpaired) electrons. The monoisotopic (exact) mass is 466 g/mol. The van der Waals surface area contributed by atoms with Crippen LogP contribution in [0.1, 0.15) is 24.1 Å². The van der Waals surface area contributed by atoms with E-state index in [1.807, 2.05) is 18.2 Å². The normalized spacial score (nSPS) is 19.8. The lowest BCUT2D eigenvalue weighted by atomic mass is 9.94. The zero-order valence-corrected chi connectivity index (χ0v) is 19.7. The van der Waals surface area contributed by atoms with E-state index in [9.17, 15) is 14.0 Å². The van der Waals surface area contributed by atoms with Gasteiger partial charge >= 0.3 is 12.0 Å². The maximum Gasteiger partial charge on any atom is 0.338 e. The molecule has 1 N–H and O–H groups in total. The number of ether oxygens (including phenoxy) is 1. The van der Waals surface area contributed by atoms with Gasteiger partial charge in [-0.15, -0.1) is 0 Å². The van der Waals surface area contributed by atoms with E-state index in [1.54, 1.807) is 26.1 Å². The van der Waals surface area contributed by atoms with Crippen LogP contribution in [0, 0.1) is 5.82 Å². The minimum atomic E-state index is -0.771. The van der Waals surface area contributed by atoms with Gasteiger partial charge in [0.05, 0.1) is 18.2 Å². The summed E-state index contributed by atoms with van der Waals surface area (Å²) in [6.45, 7) is 6.69. The van der Waals surface area contributed by atoms with Gasteiger partial charge in [-0.3, -0.25) is 14.7 Å². The van der Waals surface area contributed by atoms with Crippen molar-refractivity contribution in [3.05, 3.63) is 82.8 Å². The minimum Gasteiger partial charge on any atom is -0.463 e. The van der Waals surface area contributed by atoms with E-state index < -0.39 is 17.8 Å². The van der Waals surface area contributed by atoms with Crippen LogP contribution in [-0.2, 0) is 16.1 Å². The number of esters is 1. The molecule has 2 amide bonds. The smallest absolute Gasteiger partial charge is 0.338 e. The molecule has 180 valence electrons. The first-order valence-electron chi connectivity index (χ1n) is 11.6. The Hall–Kier alpha value is -3.23. The van der Waals surface area contributed by atoms with Gasteiger partial charge in [0.15, 0.2) is 0 Å². The summed E-state index contributed by atoms with van der Waals surface area (Å²) in [5.41, 5.74) is 2.73. The molecule has 0 aliphatic carbocycles. The Morgan fingerprint density at radius 3 is 2.35 bits per heavy atom. The predicted octanol–water partition coefficient (Wildman–Crippen LogP) is 3.16. The van der Waals surface area contributed by atoms with Crippen molar-refractivity contribution in [2.45, 2.75) is 19.5 Å². The zero-order valence-electron chi connectivity index (χ0n) is 19.7. The van der Waals surface area contributed by atoms with Crippen LogP contribution in [0.5, 0.6) is 0 Å². The molecule has 2 aromatic rings. The molecule has 1 fully saturated rings. The van der Waals surface area contributed by atoms with Gasteiger partial charge in [-0.25, -0.2) is 14.0 Å². The molecule has 0 aromatic heterocycles. The topological polar surface area (TPSA) is 65.1 Å². The SMILES string of the molecule is CCOC(=O)C1=C(CN2CCN(Cc3ccccc3)CC2)N(C)C(=O)N[C@H]1c1cccc(F)c1. The number of likely N-dealkylation sites (N-methyl/N-ethyl adjacent to an activating group) is 1. The largest absolute Gasteiger partial charge is 0.463 e. The number of carbonyl (C=O) groups excluding carboxylic acids is 2. The molecule has 0 bridgehead atoms. The Balaban J connectivity index is 1.55. The first-order valence-corrected chi connectivity index (χ1v) is 11.6. The first kappa shape index (κ1) is 23.9. The van der Waals surface area contributed by atoms with Crippen LogP contribution >= 0.6 is 0 Å². The van der Waals surface area contributed by atoms with Crippen LogP contribution < -0.4 is 5.32 Å². The lowest BCUT2D eigenvalue weighted by Crippen LogP contribution is -2.52. The summed E-state index contributed by atoms with van der Waals surface area (Å²) in [4.78, 5) is 32.0. The Morgan fingerprint density at radius 1 is 1.03 bits per heavy atom. The van der Waals surface area contributed by atoms with Gasteiger partial charge in [0.2, 0.25) is 0 Å². The van der Waals surface area contributed by atoms with Crippen LogP contribution in [0.2, 0.25) is 0 Å². The third-order valence-corrected chi connectivity index (χ3v) is 6.34. The van der Waals surface area contributed by atoms with Crippen molar-refractivity contribution in [2.24, 2.45) is 0 Å². The van der Waals surface area contributed by atoms with Gasteiger partial charge in [-0.05, 0) is 30.2 Å². The van der Waals surface area contributed by atoms with Crippen molar-refractivity contribution in [2.75, 3.05) is 46.4 Å². The maximum absolute atomic E-state index is 14.0. The van der Waals surface area contributed by atoms with Crippen molar-refractivity contribution < 1.29 is 18.7 Å². The number of piperazine rings is 1. The van der Waals surface area contributed by atoms with Crippen LogP contribution in [0.3, 0.4) is 0 Å². The number of halogens is 1. The van der Waals surface area contributed by atoms with Crippen molar-refractivity contribution in [3.63, 3.8) is 0 Å². The fourth-order valence-corrected chi connectivity index (χ4v) is 4.49. The molecule has 2 aliphatic heterocycles. The third-order valence-electron chi connectivity index (χ3n) is 6.34. The minimum absolute atomic E-state index is 0.210. The Labute approximate surface area is 199 Å². The van der Waals surface area contributed by atoms with Gasteiger partial charge in [0.25, 0.3) is 0 Å². The van der Waals surface area contributed by atoms with Gasteiger partial charge in [0, 0.05) is 52.0 Å². The fraction of sp³-hybridized carbons (Fsp3) is 0.385. The second kappa shape index (κ2) is 10.8. The number of amides is 2. The third kappa shape index (κ3) is 5.46. The number of nitrogens with zero attached hydrogens (tertiary/aromatic N) is 3. The summed E-state index contributed by atoms with van der Waals surface area (Å²) < 4.78 is 19.3. The fourth-order valence-electron chi connectivity index (χ4n) is 4.49. The first-order chi connectivity index (χ1) is 16.5. The molecule has 8 heteroatoms. The molecule has 2 aromatic carbocycles. The van der Waals surface area contributed by atoms with E-state index in [0.717, 1.165) is 32.7 Å². The van der Waals surface area contributed by atoms with Crippen LogP contribution in [-0.4, -0.2) is 73.1 Å². The van der Waals surface area contributed by atoms with E-state index in [1.165, 1.54) is 22.6 Å². The zero-order chi connectivity index (χ0) is 24.1. The molecule has 1 atom stereocenters. The number of rotatable bonds is 7. The molecular formula is C26H31FN4O3. The molecule has 2 heterocycles. The highest BCUT2D eigenvalue weighted by Crippen LogP contribution is 2.32. The molecule has 7 nitrogen and oxygen atoms in total. The average molecular weight is 467 g/mol. The van der Waals surface area contributed by atoms with Gasteiger partial charge in [-0.2, -0.15) is 0 Å². The Morgan fingerprint density at radius 2 is 1.71 bits per heavy atom. The summed E-state index contributed by atoms with van der Waals surface area (Å²) in [6.07, 6.45) is 0. The molecular weight excluding hydrogens is 435 g/mol. The van der Waals surface area contributed by atoms with E-state index in [0.29, 0.717) is 23.4 Å². The number of carbonyl (C=O) groups is 2. The van der Waals surface area contributed by atoms with Crippen molar-refractivity contribution >= 4 is 12.0 Å². The van der Waals surface area contributed by atoms with Crippen molar-refractivity contribution in [1.29, 1.82) is 0 Å². The van der Waals surface area contributed by atoms with E-state index in [2.05, 4.69) is 27.2 Å². The van der Waals surface area contributed by atoms with Gasteiger partial charge in [0.1, 0.15) is 5.82 Å². The van der Waals surface area contributed by atoms with Crippen LogP contribution in [0.25, 0.3) is 0 Å². The number of benzene rings is 2. The Kier molecular flexibility index (Phi) is 7.59. The molecule has 4 rings (SSSR count). The summed E-state index contributed by atoms with van der Waals surface area (Å²) in [5.74, 6) is -0.925. The summed E-state index contributed by atoms with van der Waals surface area (Å²) in [5, 5.41) is 2.84. The van der Waals surface area contributed by atoms with Crippen molar-refractivity contribution in [3.8, 4) is 0 Å². The molecule has 0 spiro atoms. The second-order valence-corrected chi connectivity index (χ2v) is 8.62. The average Bonchev–Trinajstić information content (AvgIpc) is 2.84. The van der Waals surface area contributed by atoms with Crippen molar-refractivity contribution in [1.82, 2.24) is 20.0 Å². The predicted molar refractivity (Wildman–Crippen MR) is 127 cm³/mol. The molecule has 34 heavy (non-hydrogen) atoms. The second-order valence-electron chi connectivity index (χ2n) is 8.62. The quantitative estimate of drug-likeness (QED) is 0.635. The number of hydrogen-bond acceptors (Lipinski definition) is 5.